The van der Waals surface area contributed by atoms with E-state index in [1.165, 1.54) is 6.39 Å². The van der Waals surface area contributed by atoms with Crippen molar-refractivity contribution in [2.75, 3.05) is 11.9 Å². The molecule has 6 heteroatoms. The van der Waals surface area contributed by atoms with Crippen molar-refractivity contribution in [2.45, 2.75) is 26.3 Å². The monoisotopic (exact) mass is 274 g/mol. The molecule has 0 aliphatic heterocycles. The van der Waals surface area contributed by atoms with Gasteiger partial charge in [-0.05, 0) is 45.0 Å². The molecule has 20 heavy (non-hydrogen) atoms. The predicted octanol–water partition coefficient (Wildman–Crippen LogP) is 2.06. The Morgan fingerprint density at radius 1 is 1.25 bits per heavy atom. The highest BCUT2D eigenvalue weighted by atomic mass is 16.4. The van der Waals surface area contributed by atoms with Gasteiger partial charge in [-0.3, -0.25) is 4.79 Å². The van der Waals surface area contributed by atoms with Gasteiger partial charge in [0.15, 0.2) is 0 Å². The predicted molar refractivity (Wildman–Crippen MR) is 76.1 cm³/mol. The molecule has 6 nitrogen and oxygen atoms in total. The lowest BCUT2D eigenvalue weighted by atomic mass is 10.1. The van der Waals surface area contributed by atoms with Crippen LogP contribution in [0, 0.1) is 0 Å². The van der Waals surface area contributed by atoms with Crippen LogP contribution in [0.2, 0.25) is 0 Å². The number of anilines is 1. The molecule has 0 saturated carbocycles. The van der Waals surface area contributed by atoms with E-state index in [1.54, 1.807) is 12.1 Å². The molecular weight excluding hydrogens is 256 g/mol. The summed E-state index contributed by atoms with van der Waals surface area (Å²) in [7, 11) is 0. The maximum absolute atomic E-state index is 11.8. The second kappa shape index (κ2) is 5.83. The molecule has 0 fully saturated rings. The fourth-order valence-electron chi connectivity index (χ4n) is 1.55. The van der Waals surface area contributed by atoms with Gasteiger partial charge in [-0.2, -0.15) is 0 Å². The average molecular weight is 274 g/mol. The molecule has 1 amide bonds. The van der Waals surface area contributed by atoms with Crippen LogP contribution in [0.15, 0.2) is 35.1 Å². The largest absolute Gasteiger partial charge is 0.423 e. The zero-order chi connectivity index (χ0) is 14.6. The molecule has 0 atom stereocenters. The molecule has 1 aromatic carbocycles. The van der Waals surface area contributed by atoms with E-state index in [0.717, 1.165) is 11.3 Å². The third-order valence-electron chi connectivity index (χ3n) is 2.55. The van der Waals surface area contributed by atoms with Gasteiger partial charge in [-0.1, -0.05) is 0 Å². The van der Waals surface area contributed by atoms with Crippen molar-refractivity contribution in [2.24, 2.45) is 0 Å². The zero-order valence-corrected chi connectivity index (χ0v) is 11.8. The van der Waals surface area contributed by atoms with Gasteiger partial charge in [-0.25, -0.2) is 0 Å². The van der Waals surface area contributed by atoms with E-state index >= 15 is 0 Å². The van der Waals surface area contributed by atoms with Crippen molar-refractivity contribution in [3.8, 4) is 11.5 Å². The minimum absolute atomic E-state index is 0.0783. The Bertz CT molecular complexity index is 556. The van der Waals surface area contributed by atoms with E-state index in [-0.39, 0.29) is 18.0 Å². The maximum atomic E-state index is 11.8. The van der Waals surface area contributed by atoms with Gasteiger partial charge in [0.2, 0.25) is 18.2 Å². The second-order valence-corrected chi connectivity index (χ2v) is 5.47. The highest BCUT2D eigenvalue weighted by Crippen LogP contribution is 2.18. The van der Waals surface area contributed by atoms with E-state index in [2.05, 4.69) is 20.8 Å². The van der Waals surface area contributed by atoms with Crippen molar-refractivity contribution < 1.29 is 9.21 Å². The number of rotatable bonds is 4. The van der Waals surface area contributed by atoms with Crippen molar-refractivity contribution in [3.63, 3.8) is 0 Å². The normalized spacial score (nSPS) is 11.3. The Kier molecular flexibility index (Phi) is 4.14. The number of hydrogen-bond donors (Lipinski definition) is 2. The third kappa shape index (κ3) is 4.17. The SMILES string of the molecule is CC(C)(C)NCC(=O)Nc1ccc(-c2nnco2)cc1. The number of benzene rings is 1. The fourth-order valence-corrected chi connectivity index (χ4v) is 1.55. The summed E-state index contributed by atoms with van der Waals surface area (Å²) in [6, 6.07) is 7.24. The number of amides is 1. The molecule has 0 bridgehead atoms. The van der Waals surface area contributed by atoms with E-state index in [9.17, 15) is 4.79 Å². The smallest absolute Gasteiger partial charge is 0.247 e. The number of carbonyl (C=O) groups excluding carboxylic acids is 1. The van der Waals surface area contributed by atoms with Crippen LogP contribution in [-0.2, 0) is 4.79 Å². The lowest BCUT2D eigenvalue weighted by Gasteiger charge is -2.20. The first kappa shape index (κ1) is 14.2. The van der Waals surface area contributed by atoms with Crippen molar-refractivity contribution in [1.29, 1.82) is 0 Å². The summed E-state index contributed by atoms with van der Waals surface area (Å²) in [4.78, 5) is 11.8. The van der Waals surface area contributed by atoms with Gasteiger partial charge in [0.05, 0.1) is 6.54 Å². The Morgan fingerprint density at radius 3 is 2.50 bits per heavy atom. The topological polar surface area (TPSA) is 80.0 Å². The quantitative estimate of drug-likeness (QED) is 0.892. The highest BCUT2D eigenvalue weighted by Gasteiger charge is 2.11. The summed E-state index contributed by atoms with van der Waals surface area (Å²) in [5.74, 6) is 0.378. The molecule has 1 heterocycles. The molecular formula is C14H18N4O2. The number of carbonyl (C=O) groups is 1. The van der Waals surface area contributed by atoms with Gasteiger partial charge < -0.3 is 15.1 Å². The Hall–Kier alpha value is -2.21. The summed E-state index contributed by atoms with van der Waals surface area (Å²) >= 11 is 0. The van der Waals surface area contributed by atoms with Crippen LogP contribution < -0.4 is 10.6 Å². The molecule has 2 rings (SSSR count). The molecule has 0 unspecified atom stereocenters. The summed E-state index contributed by atoms with van der Waals surface area (Å²) in [6.07, 6.45) is 1.28. The summed E-state index contributed by atoms with van der Waals surface area (Å²) in [5, 5.41) is 13.4. The minimum Gasteiger partial charge on any atom is -0.423 e. The molecule has 0 saturated heterocycles. The first-order valence-corrected chi connectivity index (χ1v) is 6.35. The van der Waals surface area contributed by atoms with E-state index in [4.69, 9.17) is 4.42 Å². The standard InChI is InChI=1S/C14H18N4O2/c1-14(2,3)15-8-12(19)17-11-6-4-10(5-7-11)13-18-16-9-20-13/h4-7,9,15H,8H2,1-3H3,(H,17,19). The van der Waals surface area contributed by atoms with Gasteiger partial charge in [0, 0.05) is 16.8 Å². The number of hydrogen-bond acceptors (Lipinski definition) is 5. The molecule has 2 N–H and O–H groups in total. The van der Waals surface area contributed by atoms with E-state index < -0.39 is 0 Å². The number of nitrogens with one attached hydrogen (secondary N) is 2. The molecule has 0 aliphatic carbocycles. The van der Waals surface area contributed by atoms with Crippen LogP contribution in [0.25, 0.3) is 11.5 Å². The minimum atomic E-state index is -0.0842. The van der Waals surface area contributed by atoms with Crippen LogP contribution in [-0.4, -0.2) is 28.2 Å². The molecule has 0 radical (unpaired) electrons. The van der Waals surface area contributed by atoms with Gasteiger partial charge in [-0.15, -0.1) is 10.2 Å². The molecule has 1 aromatic heterocycles. The summed E-state index contributed by atoms with van der Waals surface area (Å²) in [6.45, 7) is 6.31. The first-order chi connectivity index (χ1) is 9.44. The van der Waals surface area contributed by atoms with Crippen LogP contribution in [0.5, 0.6) is 0 Å². The summed E-state index contributed by atoms with van der Waals surface area (Å²) in [5.41, 5.74) is 1.46. The average Bonchev–Trinajstić information content (AvgIpc) is 2.90. The highest BCUT2D eigenvalue weighted by molar-refractivity contribution is 5.92. The maximum Gasteiger partial charge on any atom is 0.247 e. The Morgan fingerprint density at radius 2 is 1.95 bits per heavy atom. The Labute approximate surface area is 117 Å². The second-order valence-electron chi connectivity index (χ2n) is 5.47. The lowest BCUT2D eigenvalue weighted by molar-refractivity contribution is -0.115. The van der Waals surface area contributed by atoms with E-state index in [0.29, 0.717) is 5.89 Å². The van der Waals surface area contributed by atoms with Crippen molar-refractivity contribution in [3.05, 3.63) is 30.7 Å². The van der Waals surface area contributed by atoms with Gasteiger partial charge >= 0.3 is 0 Å². The molecule has 106 valence electrons. The van der Waals surface area contributed by atoms with Crippen molar-refractivity contribution in [1.82, 2.24) is 15.5 Å². The van der Waals surface area contributed by atoms with Crippen LogP contribution >= 0.6 is 0 Å². The van der Waals surface area contributed by atoms with Crippen LogP contribution in [0.1, 0.15) is 20.8 Å². The van der Waals surface area contributed by atoms with Gasteiger partial charge in [0.25, 0.3) is 0 Å². The third-order valence-corrected chi connectivity index (χ3v) is 2.55. The fraction of sp³-hybridized carbons (Fsp3) is 0.357. The Balaban J connectivity index is 1.92. The summed E-state index contributed by atoms with van der Waals surface area (Å²) < 4.78 is 5.10. The number of nitrogens with zero attached hydrogens (tertiary/aromatic N) is 2. The van der Waals surface area contributed by atoms with Crippen LogP contribution in [0.3, 0.4) is 0 Å². The van der Waals surface area contributed by atoms with E-state index in [1.807, 2.05) is 32.9 Å². The molecule has 0 spiro atoms. The molecule has 2 aromatic rings. The lowest BCUT2D eigenvalue weighted by Crippen LogP contribution is -2.41. The molecule has 0 aliphatic rings. The number of aromatic nitrogens is 2. The first-order valence-electron chi connectivity index (χ1n) is 6.35. The zero-order valence-electron chi connectivity index (χ0n) is 11.8. The van der Waals surface area contributed by atoms with Crippen LogP contribution in [0.4, 0.5) is 5.69 Å². The van der Waals surface area contributed by atoms with Crippen molar-refractivity contribution >= 4 is 11.6 Å². The van der Waals surface area contributed by atoms with Gasteiger partial charge in [0.1, 0.15) is 0 Å².